The van der Waals surface area contributed by atoms with Crippen molar-refractivity contribution in [3.8, 4) is 5.75 Å². The van der Waals surface area contributed by atoms with E-state index in [1.165, 1.54) is 6.92 Å². The van der Waals surface area contributed by atoms with Crippen LogP contribution in [0.3, 0.4) is 0 Å². The number of nitrogens with one attached hydrogen (secondary N) is 2. The van der Waals surface area contributed by atoms with Gasteiger partial charge < -0.3 is 19.8 Å². The minimum atomic E-state index is -0.288. The zero-order valence-corrected chi connectivity index (χ0v) is 14.6. The number of hydrogen-bond donors (Lipinski definition) is 2. The van der Waals surface area contributed by atoms with Gasteiger partial charge in [0.25, 0.3) is 5.91 Å². The highest BCUT2D eigenvalue weighted by atomic mass is 16.5. The molecular formula is C20H20N2O4. The molecule has 1 atom stereocenters. The van der Waals surface area contributed by atoms with Crippen molar-refractivity contribution in [2.24, 2.45) is 0 Å². The molecule has 0 spiro atoms. The maximum atomic E-state index is 12.2. The number of furan rings is 1. The molecular weight excluding hydrogens is 332 g/mol. The highest BCUT2D eigenvalue weighted by Crippen LogP contribution is 2.25. The molecule has 1 aromatic heterocycles. The van der Waals surface area contributed by atoms with E-state index in [4.69, 9.17) is 9.15 Å². The van der Waals surface area contributed by atoms with Gasteiger partial charge in [0, 0.05) is 12.3 Å². The average Bonchev–Trinajstić information content (AvgIpc) is 3.05. The largest absolute Gasteiger partial charge is 0.482 e. The zero-order chi connectivity index (χ0) is 18.5. The summed E-state index contributed by atoms with van der Waals surface area (Å²) in [4.78, 5) is 23.4. The van der Waals surface area contributed by atoms with Crippen LogP contribution < -0.4 is 15.4 Å². The second-order valence-corrected chi connectivity index (χ2v) is 5.94. The summed E-state index contributed by atoms with van der Waals surface area (Å²) >= 11 is 0. The van der Waals surface area contributed by atoms with Gasteiger partial charge in [-0.1, -0.05) is 30.3 Å². The fraction of sp³-hybridized carbons (Fsp3) is 0.200. The Bertz CT molecular complexity index is 899. The van der Waals surface area contributed by atoms with Gasteiger partial charge in [-0.15, -0.1) is 0 Å². The summed E-state index contributed by atoms with van der Waals surface area (Å²) in [7, 11) is 0. The highest BCUT2D eigenvalue weighted by Gasteiger charge is 2.15. The predicted octanol–water partition coefficient (Wildman–Crippen LogP) is 3.65. The first-order chi connectivity index (χ1) is 12.5. The lowest BCUT2D eigenvalue weighted by molar-refractivity contribution is -0.123. The third kappa shape index (κ3) is 4.22. The number of carbonyl (C=O) groups excluding carboxylic acids is 2. The number of amides is 2. The van der Waals surface area contributed by atoms with Crippen LogP contribution in [0.15, 0.2) is 59.0 Å². The van der Waals surface area contributed by atoms with Crippen LogP contribution in [0.2, 0.25) is 0 Å². The Labute approximate surface area is 151 Å². The van der Waals surface area contributed by atoms with E-state index in [2.05, 4.69) is 10.6 Å². The van der Waals surface area contributed by atoms with Gasteiger partial charge in [-0.2, -0.15) is 0 Å². The molecule has 6 heteroatoms. The van der Waals surface area contributed by atoms with Crippen LogP contribution in [0.5, 0.6) is 5.75 Å². The Hall–Kier alpha value is -3.28. The maximum Gasteiger partial charge on any atom is 0.258 e. The highest BCUT2D eigenvalue weighted by molar-refractivity contribution is 5.90. The van der Waals surface area contributed by atoms with Gasteiger partial charge in [-0.3, -0.25) is 9.59 Å². The van der Waals surface area contributed by atoms with E-state index in [0.717, 1.165) is 11.0 Å². The summed E-state index contributed by atoms with van der Waals surface area (Å²) in [5, 5.41) is 6.50. The van der Waals surface area contributed by atoms with Gasteiger partial charge in [-0.05, 0) is 31.2 Å². The molecule has 0 saturated heterocycles. The van der Waals surface area contributed by atoms with Crippen LogP contribution in [0.4, 0.5) is 5.69 Å². The van der Waals surface area contributed by atoms with Gasteiger partial charge >= 0.3 is 0 Å². The molecule has 3 aromatic rings. The molecule has 0 aliphatic heterocycles. The summed E-state index contributed by atoms with van der Waals surface area (Å²) in [6, 6.07) is 16.3. The van der Waals surface area contributed by atoms with Gasteiger partial charge in [-0.25, -0.2) is 0 Å². The monoisotopic (exact) mass is 352 g/mol. The number of anilines is 1. The second kappa shape index (κ2) is 7.74. The molecule has 26 heavy (non-hydrogen) atoms. The molecule has 0 saturated carbocycles. The topological polar surface area (TPSA) is 80.6 Å². The molecule has 3 rings (SSSR count). The molecule has 0 bridgehead atoms. The van der Waals surface area contributed by atoms with Crippen molar-refractivity contribution in [2.75, 3.05) is 11.9 Å². The van der Waals surface area contributed by atoms with Crippen molar-refractivity contribution in [1.82, 2.24) is 5.32 Å². The van der Waals surface area contributed by atoms with E-state index in [0.29, 0.717) is 17.2 Å². The Morgan fingerprint density at radius 1 is 1.12 bits per heavy atom. The van der Waals surface area contributed by atoms with E-state index in [1.54, 1.807) is 24.3 Å². The third-order valence-electron chi connectivity index (χ3n) is 3.81. The molecule has 6 nitrogen and oxygen atoms in total. The summed E-state index contributed by atoms with van der Waals surface area (Å²) in [6.07, 6.45) is 0. The van der Waals surface area contributed by atoms with E-state index in [1.807, 2.05) is 37.3 Å². The SMILES string of the molecule is CC(=O)Nc1ccccc1OCC(=O)N[C@@H](C)c1cc2ccccc2o1. The smallest absolute Gasteiger partial charge is 0.258 e. The number of benzene rings is 2. The summed E-state index contributed by atoms with van der Waals surface area (Å²) in [5.74, 6) is 0.632. The fourth-order valence-corrected chi connectivity index (χ4v) is 2.60. The lowest BCUT2D eigenvalue weighted by Crippen LogP contribution is -2.31. The number of hydrogen-bond acceptors (Lipinski definition) is 4. The number of fused-ring (bicyclic) bond motifs is 1. The minimum absolute atomic E-state index is 0.166. The van der Waals surface area contributed by atoms with Crippen LogP contribution >= 0.6 is 0 Å². The molecule has 0 aliphatic carbocycles. The van der Waals surface area contributed by atoms with Crippen molar-refractivity contribution in [1.29, 1.82) is 0 Å². The van der Waals surface area contributed by atoms with E-state index in [-0.39, 0.29) is 24.5 Å². The average molecular weight is 352 g/mol. The minimum Gasteiger partial charge on any atom is -0.482 e. The first-order valence-corrected chi connectivity index (χ1v) is 8.30. The standard InChI is InChI=1S/C20H20N2O4/c1-13(19-11-15-7-3-5-9-17(15)26-19)21-20(24)12-25-18-10-6-4-8-16(18)22-14(2)23/h3-11,13H,12H2,1-2H3,(H,21,24)(H,22,23)/t13-/m0/s1. The van der Waals surface area contributed by atoms with Crippen molar-refractivity contribution < 1.29 is 18.7 Å². The molecule has 2 N–H and O–H groups in total. The Balaban J connectivity index is 1.59. The Morgan fingerprint density at radius 2 is 1.85 bits per heavy atom. The zero-order valence-electron chi connectivity index (χ0n) is 14.6. The molecule has 0 fully saturated rings. The Morgan fingerprint density at radius 3 is 2.62 bits per heavy atom. The molecule has 1 heterocycles. The van der Waals surface area contributed by atoms with E-state index < -0.39 is 0 Å². The number of ether oxygens (including phenoxy) is 1. The quantitative estimate of drug-likeness (QED) is 0.710. The fourth-order valence-electron chi connectivity index (χ4n) is 2.60. The predicted molar refractivity (Wildman–Crippen MR) is 99.0 cm³/mol. The number of rotatable bonds is 6. The van der Waals surface area contributed by atoms with Crippen molar-refractivity contribution in [3.05, 3.63) is 60.4 Å². The first kappa shape index (κ1) is 17.5. The molecule has 2 aromatic carbocycles. The van der Waals surface area contributed by atoms with Gasteiger partial charge in [0.1, 0.15) is 17.1 Å². The van der Waals surface area contributed by atoms with Crippen molar-refractivity contribution >= 4 is 28.5 Å². The molecule has 134 valence electrons. The Kier molecular flexibility index (Phi) is 5.22. The third-order valence-corrected chi connectivity index (χ3v) is 3.81. The van der Waals surface area contributed by atoms with Crippen molar-refractivity contribution in [3.63, 3.8) is 0 Å². The van der Waals surface area contributed by atoms with Crippen LogP contribution in [0, 0.1) is 0 Å². The second-order valence-electron chi connectivity index (χ2n) is 5.94. The van der Waals surface area contributed by atoms with Crippen molar-refractivity contribution in [2.45, 2.75) is 19.9 Å². The summed E-state index contributed by atoms with van der Waals surface area (Å²) in [5.41, 5.74) is 1.31. The number of para-hydroxylation sites is 3. The van der Waals surface area contributed by atoms with Crippen LogP contribution in [-0.4, -0.2) is 18.4 Å². The molecule has 0 aliphatic rings. The molecule has 0 radical (unpaired) electrons. The van der Waals surface area contributed by atoms with Gasteiger partial charge in [0.2, 0.25) is 5.91 Å². The van der Waals surface area contributed by atoms with E-state index in [9.17, 15) is 9.59 Å². The maximum absolute atomic E-state index is 12.2. The number of carbonyl (C=O) groups is 2. The molecule has 0 unspecified atom stereocenters. The molecule has 2 amide bonds. The van der Waals surface area contributed by atoms with Crippen LogP contribution in [0.1, 0.15) is 25.6 Å². The van der Waals surface area contributed by atoms with Gasteiger partial charge in [0.05, 0.1) is 11.7 Å². The van der Waals surface area contributed by atoms with Gasteiger partial charge in [0.15, 0.2) is 6.61 Å². The van der Waals surface area contributed by atoms with Crippen LogP contribution in [-0.2, 0) is 9.59 Å². The summed E-state index contributed by atoms with van der Waals surface area (Å²) < 4.78 is 11.3. The van der Waals surface area contributed by atoms with E-state index >= 15 is 0 Å². The van der Waals surface area contributed by atoms with Crippen LogP contribution in [0.25, 0.3) is 11.0 Å². The summed E-state index contributed by atoms with van der Waals surface area (Å²) in [6.45, 7) is 3.10. The lowest BCUT2D eigenvalue weighted by Gasteiger charge is -2.14. The normalized spacial score (nSPS) is 11.8. The lowest BCUT2D eigenvalue weighted by atomic mass is 10.2. The first-order valence-electron chi connectivity index (χ1n) is 8.30.